The average molecular weight is 390 g/mol. The molecule has 6 heteroatoms. The summed E-state index contributed by atoms with van der Waals surface area (Å²) < 4.78 is 0. The summed E-state index contributed by atoms with van der Waals surface area (Å²) in [5.74, 6) is 1.01. The maximum atomic E-state index is 4.55. The molecule has 0 unspecified atom stereocenters. The molecule has 1 saturated heterocycles. The van der Waals surface area contributed by atoms with Crippen molar-refractivity contribution in [1.29, 1.82) is 0 Å². The monoisotopic (exact) mass is 389 g/mol. The van der Waals surface area contributed by atoms with Crippen molar-refractivity contribution in [2.75, 3.05) is 36.0 Å². The highest BCUT2D eigenvalue weighted by atomic mass is 28.3. The topological polar surface area (TPSA) is 45.2 Å². The molecule has 0 atom stereocenters. The molecule has 0 bridgehead atoms. The number of aromatic nitrogens is 3. The van der Waals surface area contributed by atoms with E-state index in [1.165, 1.54) is 16.4 Å². The maximum Gasteiger partial charge on any atom is 0.132 e. The van der Waals surface area contributed by atoms with Gasteiger partial charge in [-0.1, -0.05) is 49.1 Å². The molecular weight excluding hydrogens is 362 g/mol. The number of pyridine rings is 1. The smallest absolute Gasteiger partial charge is 0.132 e. The van der Waals surface area contributed by atoms with Crippen LogP contribution in [-0.2, 0) is 0 Å². The molecule has 0 aliphatic carbocycles. The van der Waals surface area contributed by atoms with Crippen molar-refractivity contribution in [3.63, 3.8) is 0 Å². The van der Waals surface area contributed by atoms with E-state index in [-0.39, 0.29) is 0 Å². The highest BCUT2D eigenvalue weighted by Gasteiger charge is 2.20. The molecule has 3 heterocycles. The van der Waals surface area contributed by atoms with Crippen LogP contribution in [0.3, 0.4) is 0 Å². The molecule has 28 heavy (non-hydrogen) atoms. The standard InChI is InChI=1S/C22H27N5Si/c1-28(2,3)20-6-4-5-18(15-20)21-16-22(25-17-24-21)27-13-11-26(12-14-27)19-7-9-23-10-8-19/h4-10,15-17H,11-14H2,1-3H3. The van der Waals surface area contributed by atoms with Crippen molar-refractivity contribution in [2.24, 2.45) is 0 Å². The summed E-state index contributed by atoms with van der Waals surface area (Å²) in [5.41, 5.74) is 3.42. The van der Waals surface area contributed by atoms with E-state index in [1.807, 2.05) is 12.4 Å². The van der Waals surface area contributed by atoms with Gasteiger partial charge in [-0.05, 0) is 12.1 Å². The van der Waals surface area contributed by atoms with Gasteiger partial charge in [0.2, 0.25) is 0 Å². The van der Waals surface area contributed by atoms with E-state index in [9.17, 15) is 0 Å². The van der Waals surface area contributed by atoms with Crippen molar-refractivity contribution in [1.82, 2.24) is 15.0 Å². The molecule has 4 rings (SSSR count). The molecule has 2 aromatic heterocycles. The number of rotatable bonds is 4. The minimum atomic E-state index is -1.35. The van der Waals surface area contributed by atoms with Crippen LogP contribution in [-0.4, -0.2) is 49.2 Å². The lowest BCUT2D eigenvalue weighted by Gasteiger charge is -2.36. The summed E-state index contributed by atoms with van der Waals surface area (Å²) in [6.45, 7) is 11.0. The van der Waals surface area contributed by atoms with Gasteiger partial charge in [-0.3, -0.25) is 4.98 Å². The molecule has 0 N–H and O–H groups in total. The van der Waals surface area contributed by atoms with Gasteiger partial charge in [-0.15, -0.1) is 0 Å². The SMILES string of the molecule is C[Si](C)(C)c1cccc(-c2cc(N3CCN(c4ccncc4)CC3)ncn2)c1. The van der Waals surface area contributed by atoms with E-state index in [2.05, 4.69) is 86.9 Å². The Hall–Kier alpha value is -2.73. The molecule has 0 amide bonds. The Morgan fingerprint density at radius 2 is 1.54 bits per heavy atom. The molecule has 3 aromatic rings. The fourth-order valence-electron chi connectivity index (χ4n) is 3.57. The summed E-state index contributed by atoms with van der Waals surface area (Å²) in [6, 6.07) is 15.1. The van der Waals surface area contributed by atoms with Crippen molar-refractivity contribution in [3.05, 3.63) is 61.2 Å². The Kier molecular flexibility index (Phi) is 5.13. The van der Waals surface area contributed by atoms with Crippen LogP contribution in [0.25, 0.3) is 11.3 Å². The molecule has 1 aromatic carbocycles. The van der Waals surface area contributed by atoms with Gasteiger partial charge in [0, 0.05) is 55.9 Å². The zero-order valence-corrected chi connectivity index (χ0v) is 17.8. The van der Waals surface area contributed by atoms with Crippen LogP contribution in [0.15, 0.2) is 61.2 Å². The van der Waals surface area contributed by atoms with E-state index in [4.69, 9.17) is 0 Å². The molecule has 0 saturated carbocycles. The zero-order valence-electron chi connectivity index (χ0n) is 16.8. The van der Waals surface area contributed by atoms with Crippen molar-refractivity contribution in [2.45, 2.75) is 19.6 Å². The lowest BCUT2D eigenvalue weighted by molar-refractivity contribution is 0.646. The summed E-state index contributed by atoms with van der Waals surface area (Å²) in [4.78, 5) is 18.0. The molecule has 144 valence electrons. The Labute approximate surface area is 168 Å². The first-order valence-corrected chi connectivity index (χ1v) is 13.3. The second-order valence-corrected chi connectivity index (χ2v) is 13.3. The van der Waals surface area contributed by atoms with Crippen LogP contribution >= 0.6 is 0 Å². The molecule has 1 aliphatic rings. The van der Waals surface area contributed by atoms with E-state index in [0.29, 0.717) is 0 Å². The van der Waals surface area contributed by atoms with Crippen LogP contribution in [0.4, 0.5) is 11.5 Å². The minimum absolute atomic E-state index is 0.952. The Balaban J connectivity index is 1.51. The van der Waals surface area contributed by atoms with Gasteiger partial charge < -0.3 is 9.80 Å². The lowest BCUT2D eigenvalue weighted by atomic mass is 10.1. The second-order valence-electron chi connectivity index (χ2n) is 8.27. The summed E-state index contributed by atoms with van der Waals surface area (Å²) in [7, 11) is -1.35. The first kappa shape index (κ1) is 18.6. The van der Waals surface area contributed by atoms with E-state index < -0.39 is 8.07 Å². The zero-order chi connectivity index (χ0) is 19.6. The fraction of sp³-hybridized carbons (Fsp3) is 0.318. The van der Waals surface area contributed by atoms with Gasteiger partial charge in [0.1, 0.15) is 12.1 Å². The largest absolute Gasteiger partial charge is 0.368 e. The molecule has 0 radical (unpaired) electrons. The Morgan fingerprint density at radius 3 is 2.25 bits per heavy atom. The number of hydrogen-bond acceptors (Lipinski definition) is 5. The third-order valence-corrected chi connectivity index (χ3v) is 7.35. The number of nitrogens with zero attached hydrogens (tertiary/aromatic N) is 5. The summed E-state index contributed by atoms with van der Waals surface area (Å²) in [6.07, 6.45) is 5.40. The number of benzene rings is 1. The predicted molar refractivity (Wildman–Crippen MR) is 119 cm³/mol. The van der Waals surface area contributed by atoms with Gasteiger partial charge >= 0.3 is 0 Å². The van der Waals surface area contributed by atoms with Crippen LogP contribution in [0.5, 0.6) is 0 Å². The minimum Gasteiger partial charge on any atom is -0.368 e. The Morgan fingerprint density at radius 1 is 0.821 bits per heavy atom. The van der Waals surface area contributed by atoms with Crippen LogP contribution in [0, 0.1) is 0 Å². The van der Waals surface area contributed by atoms with Gasteiger partial charge in [0.25, 0.3) is 0 Å². The number of piperazine rings is 1. The lowest BCUT2D eigenvalue weighted by Crippen LogP contribution is -2.46. The third kappa shape index (κ3) is 4.07. The highest BCUT2D eigenvalue weighted by molar-refractivity contribution is 6.88. The normalized spacial score (nSPS) is 15.0. The van der Waals surface area contributed by atoms with Gasteiger partial charge in [0.15, 0.2) is 0 Å². The molecule has 1 aliphatic heterocycles. The quantitative estimate of drug-likeness (QED) is 0.640. The predicted octanol–water partition coefficient (Wildman–Crippen LogP) is 3.41. The van der Waals surface area contributed by atoms with Gasteiger partial charge in [0.05, 0.1) is 13.8 Å². The average Bonchev–Trinajstić information content (AvgIpc) is 2.74. The van der Waals surface area contributed by atoms with Gasteiger partial charge in [-0.2, -0.15) is 0 Å². The highest BCUT2D eigenvalue weighted by Crippen LogP contribution is 2.23. The molecule has 0 spiro atoms. The van der Waals surface area contributed by atoms with E-state index in [1.54, 1.807) is 6.33 Å². The van der Waals surface area contributed by atoms with Crippen molar-refractivity contribution >= 4 is 24.8 Å². The third-order valence-electron chi connectivity index (χ3n) is 5.31. The van der Waals surface area contributed by atoms with E-state index in [0.717, 1.165) is 37.7 Å². The number of anilines is 2. The van der Waals surface area contributed by atoms with Crippen molar-refractivity contribution in [3.8, 4) is 11.3 Å². The maximum absolute atomic E-state index is 4.55. The molecular formula is C22H27N5Si. The Bertz CT molecular complexity index is 931. The first-order chi connectivity index (χ1) is 13.5. The number of hydrogen-bond donors (Lipinski definition) is 0. The van der Waals surface area contributed by atoms with Gasteiger partial charge in [-0.25, -0.2) is 9.97 Å². The molecule has 5 nitrogen and oxygen atoms in total. The summed E-state index contributed by atoms with van der Waals surface area (Å²) >= 11 is 0. The van der Waals surface area contributed by atoms with Crippen LogP contribution in [0.2, 0.25) is 19.6 Å². The first-order valence-electron chi connectivity index (χ1n) is 9.83. The van der Waals surface area contributed by atoms with Crippen LogP contribution in [0.1, 0.15) is 0 Å². The summed E-state index contributed by atoms with van der Waals surface area (Å²) in [5, 5.41) is 1.45. The second kappa shape index (κ2) is 7.71. The molecule has 1 fully saturated rings. The van der Waals surface area contributed by atoms with Crippen molar-refractivity contribution < 1.29 is 0 Å². The fourth-order valence-corrected chi connectivity index (χ4v) is 4.76. The van der Waals surface area contributed by atoms with Crippen LogP contribution < -0.4 is 15.0 Å². The van der Waals surface area contributed by atoms with E-state index >= 15 is 0 Å².